The summed E-state index contributed by atoms with van der Waals surface area (Å²) in [4.78, 5) is 82.2. The van der Waals surface area contributed by atoms with E-state index in [0.717, 1.165) is 107 Å². The average molecular weight is 818 g/mol. The second kappa shape index (κ2) is 15.9. The minimum atomic E-state index is -0.962. The molecule has 5 amide bonds. The quantitative estimate of drug-likeness (QED) is 0.226. The maximum absolute atomic E-state index is 13.3. The molecule has 1 atom stereocenters. The number of fused-ring (bicyclic) bond motifs is 1. The van der Waals surface area contributed by atoms with E-state index >= 15 is 0 Å². The Balaban J connectivity index is 0.691. The molecule has 6 aliphatic heterocycles. The fourth-order valence-electron chi connectivity index (χ4n) is 9.93. The van der Waals surface area contributed by atoms with Crippen molar-refractivity contribution in [3.05, 3.63) is 82.3 Å². The number of carbonyl (C=O) groups is 5. The Bertz CT molecular complexity index is 2210. The Labute approximate surface area is 348 Å². The van der Waals surface area contributed by atoms with Gasteiger partial charge in [0, 0.05) is 80.0 Å². The summed E-state index contributed by atoms with van der Waals surface area (Å²) in [5.74, 6) is -0.829. The number of anilines is 4. The largest absolute Gasteiger partial charge is 0.372 e. The van der Waals surface area contributed by atoms with Crippen molar-refractivity contribution in [1.29, 1.82) is 0 Å². The van der Waals surface area contributed by atoms with E-state index in [0.29, 0.717) is 39.0 Å². The number of hydrogen-bond acceptors (Lipinski definition) is 10. The van der Waals surface area contributed by atoms with Gasteiger partial charge in [-0.25, -0.2) is 9.83 Å². The van der Waals surface area contributed by atoms with Crippen molar-refractivity contribution in [2.24, 2.45) is 17.3 Å². The van der Waals surface area contributed by atoms with Crippen molar-refractivity contribution >= 4 is 69.7 Å². The maximum atomic E-state index is 13.3. The van der Waals surface area contributed by atoms with E-state index in [1.807, 2.05) is 30.5 Å². The lowest BCUT2D eigenvalue weighted by Gasteiger charge is -2.55. The number of piperidine rings is 4. The van der Waals surface area contributed by atoms with E-state index in [9.17, 15) is 24.0 Å². The molecule has 0 aliphatic carbocycles. The molecule has 0 bridgehead atoms. The van der Waals surface area contributed by atoms with Gasteiger partial charge in [0.25, 0.3) is 11.8 Å². The van der Waals surface area contributed by atoms with Gasteiger partial charge in [0.15, 0.2) is 0 Å². The number of hydrogen-bond donors (Lipinski definition) is 2. The highest BCUT2D eigenvalue weighted by atomic mass is 35.5. The topological polar surface area (TPSA) is 143 Å². The number of nitrogens with zero attached hydrogens (tertiary/aromatic N) is 7. The van der Waals surface area contributed by atoms with Gasteiger partial charge in [-0.05, 0) is 106 Å². The zero-order valence-electron chi connectivity index (χ0n) is 33.0. The molecule has 15 heteroatoms. The summed E-state index contributed by atoms with van der Waals surface area (Å²) in [6.07, 6.45) is 8.07. The zero-order chi connectivity index (χ0) is 40.8. The van der Waals surface area contributed by atoms with Gasteiger partial charge in [0.1, 0.15) is 11.9 Å². The Morgan fingerprint density at radius 3 is 2.14 bits per heavy atom. The Kier molecular flexibility index (Phi) is 10.5. The number of halogens is 1. The lowest BCUT2D eigenvalue weighted by Crippen LogP contribution is -2.60. The fourth-order valence-corrected chi connectivity index (χ4v) is 10.1. The van der Waals surface area contributed by atoms with Gasteiger partial charge in [0.2, 0.25) is 23.4 Å². The highest BCUT2D eigenvalue weighted by molar-refractivity contribution is 6.33. The summed E-state index contributed by atoms with van der Waals surface area (Å²) in [7, 11) is 0. The van der Waals surface area contributed by atoms with Crippen LogP contribution in [-0.4, -0.2) is 109 Å². The van der Waals surface area contributed by atoms with Gasteiger partial charge >= 0.3 is 0 Å². The molecule has 6 aliphatic rings. The van der Waals surface area contributed by atoms with Gasteiger partial charge in [-0.15, -0.1) is 0 Å². The molecule has 5 saturated heterocycles. The van der Waals surface area contributed by atoms with Gasteiger partial charge in [0.05, 0.1) is 29.6 Å². The van der Waals surface area contributed by atoms with Crippen molar-refractivity contribution in [2.45, 2.75) is 57.4 Å². The van der Waals surface area contributed by atoms with E-state index < -0.39 is 23.8 Å². The fraction of sp³-hybridized carbons (Fsp3) is 0.477. The number of benzene rings is 2. The summed E-state index contributed by atoms with van der Waals surface area (Å²) in [6.45, 7) is 15.8. The maximum Gasteiger partial charge on any atom is 0.262 e. The number of aromatic nitrogens is 1. The second-order valence-corrected chi connectivity index (χ2v) is 17.6. The number of rotatable bonds is 8. The lowest BCUT2D eigenvalue weighted by molar-refractivity contribution is -0.136. The molecule has 3 aromatic rings. The third-order valence-corrected chi connectivity index (χ3v) is 13.8. The molecule has 59 heavy (non-hydrogen) atoms. The van der Waals surface area contributed by atoms with Crippen molar-refractivity contribution in [3.63, 3.8) is 0 Å². The molecule has 1 spiro atoms. The number of pyridine rings is 1. The predicted molar refractivity (Wildman–Crippen MR) is 224 cm³/mol. The molecule has 2 aromatic carbocycles. The molecule has 0 saturated carbocycles. The van der Waals surface area contributed by atoms with E-state index in [-0.39, 0.29) is 30.6 Å². The molecule has 7 heterocycles. The van der Waals surface area contributed by atoms with Gasteiger partial charge in [-0.2, -0.15) is 0 Å². The van der Waals surface area contributed by atoms with Crippen molar-refractivity contribution in [3.8, 4) is 0 Å². The highest BCUT2D eigenvalue weighted by Crippen LogP contribution is 2.43. The summed E-state index contributed by atoms with van der Waals surface area (Å²) in [6, 6.07) is 13.9. The standard InChI is InChI=1S/C44H48ClN9O5/c1-46-36-6-3-31(23-35(36)45)52-18-12-29(13-19-52)40(56)48-38-8-4-32(24-47-38)53-26-44(27-53)14-20-50(21-15-44)25-28-10-16-51(17-11-28)30-2-5-33-34(22-30)43(59)54(42(33)58)37-7-9-39(55)49-41(37)57/h2-6,8,22-24,28-29,37H,7,9-21,25-27H2,(H,47,48,56)(H,49,55,57). The van der Waals surface area contributed by atoms with Crippen LogP contribution in [0.1, 0.15) is 72.1 Å². The van der Waals surface area contributed by atoms with Gasteiger partial charge in [-0.1, -0.05) is 17.7 Å². The van der Waals surface area contributed by atoms with Crippen LogP contribution in [0.4, 0.5) is 28.6 Å². The summed E-state index contributed by atoms with van der Waals surface area (Å²) < 4.78 is 0. The molecule has 14 nitrogen and oxygen atoms in total. The van der Waals surface area contributed by atoms with Crippen molar-refractivity contribution in [2.75, 3.05) is 78.9 Å². The first-order chi connectivity index (χ1) is 28.6. The molecular formula is C44H48ClN9O5. The van der Waals surface area contributed by atoms with Crippen LogP contribution in [0, 0.1) is 23.8 Å². The normalized spacial score (nSPS) is 22.6. The van der Waals surface area contributed by atoms with Crippen LogP contribution in [0.3, 0.4) is 0 Å². The number of nitrogens with one attached hydrogen (secondary N) is 2. The first-order valence-electron chi connectivity index (χ1n) is 20.8. The number of carbonyl (C=O) groups excluding carboxylic acids is 5. The Morgan fingerprint density at radius 1 is 0.814 bits per heavy atom. The molecule has 9 rings (SSSR count). The van der Waals surface area contributed by atoms with Crippen LogP contribution >= 0.6 is 11.6 Å². The Morgan fingerprint density at radius 2 is 1.47 bits per heavy atom. The minimum Gasteiger partial charge on any atom is -0.372 e. The third-order valence-electron chi connectivity index (χ3n) is 13.5. The van der Waals surface area contributed by atoms with E-state index in [4.69, 9.17) is 18.2 Å². The SMILES string of the molecule is [C-]#[N+]c1ccc(N2CCC(C(=O)Nc3ccc(N4CC5(CCN(CC6CCN(c7ccc8c(c7)C(=O)N(C7CCC(=O)NC7=O)C8=O)CC6)CC5)C4)cn3)CC2)cc1Cl. The van der Waals surface area contributed by atoms with Crippen LogP contribution in [0.25, 0.3) is 4.85 Å². The van der Waals surface area contributed by atoms with Gasteiger partial charge < -0.3 is 24.9 Å². The molecule has 306 valence electrons. The summed E-state index contributed by atoms with van der Waals surface area (Å²) in [5, 5.41) is 5.73. The van der Waals surface area contributed by atoms with Crippen LogP contribution in [0.5, 0.6) is 0 Å². The number of likely N-dealkylation sites (tertiary alicyclic amines) is 1. The highest BCUT2D eigenvalue weighted by Gasteiger charge is 2.46. The third kappa shape index (κ3) is 7.74. The summed E-state index contributed by atoms with van der Waals surface area (Å²) >= 11 is 6.25. The average Bonchev–Trinajstić information content (AvgIpc) is 3.48. The summed E-state index contributed by atoms with van der Waals surface area (Å²) in [5.41, 5.74) is 4.40. The monoisotopic (exact) mass is 817 g/mol. The van der Waals surface area contributed by atoms with Crippen molar-refractivity contribution < 1.29 is 24.0 Å². The van der Waals surface area contributed by atoms with Gasteiger partial charge in [-0.3, -0.25) is 34.2 Å². The first kappa shape index (κ1) is 39.0. The molecule has 5 fully saturated rings. The van der Waals surface area contributed by atoms with E-state index in [2.05, 4.69) is 46.1 Å². The zero-order valence-corrected chi connectivity index (χ0v) is 33.8. The van der Waals surface area contributed by atoms with Crippen LogP contribution in [-0.2, 0) is 14.4 Å². The molecule has 0 radical (unpaired) electrons. The first-order valence-corrected chi connectivity index (χ1v) is 21.2. The molecule has 2 N–H and O–H groups in total. The second-order valence-electron chi connectivity index (χ2n) is 17.2. The molecular weight excluding hydrogens is 770 g/mol. The number of imide groups is 2. The smallest absolute Gasteiger partial charge is 0.262 e. The van der Waals surface area contributed by atoms with Crippen molar-refractivity contribution in [1.82, 2.24) is 20.1 Å². The van der Waals surface area contributed by atoms with E-state index in [1.165, 1.54) is 12.8 Å². The molecule has 1 unspecified atom stereocenters. The Hall–Kier alpha value is -5.52. The predicted octanol–water partition coefficient (Wildman–Crippen LogP) is 5.36. The minimum absolute atomic E-state index is 0.00334. The van der Waals surface area contributed by atoms with Crippen LogP contribution in [0.2, 0.25) is 5.02 Å². The molecule has 1 aromatic heterocycles. The van der Waals surface area contributed by atoms with Crippen LogP contribution in [0.15, 0.2) is 54.7 Å². The lowest BCUT2D eigenvalue weighted by atomic mass is 9.71. The number of amides is 5. The van der Waals surface area contributed by atoms with E-state index in [1.54, 1.807) is 18.2 Å². The van der Waals surface area contributed by atoms with Crippen LogP contribution < -0.4 is 25.3 Å².